The Kier molecular flexibility index (Phi) is 12.2. The van der Waals surface area contributed by atoms with E-state index in [2.05, 4.69) is 27.6 Å². The Bertz CT molecular complexity index is 1910. The van der Waals surface area contributed by atoms with E-state index in [9.17, 15) is 36.3 Å². The molecule has 2 aromatic carbocycles. The minimum Gasteiger partial charge on any atom is -0.347 e. The van der Waals surface area contributed by atoms with Gasteiger partial charge >= 0.3 is 6.18 Å². The molecule has 13 heteroatoms. The van der Waals surface area contributed by atoms with E-state index in [4.69, 9.17) is 0 Å². The number of fused-ring (bicyclic) bond motifs is 2. The van der Waals surface area contributed by atoms with Gasteiger partial charge in [-0.2, -0.15) is 18.3 Å². The maximum Gasteiger partial charge on any atom is 0.419 e. The van der Waals surface area contributed by atoms with Crippen LogP contribution in [0.5, 0.6) is 0 Å². The van der Waals surface area contributed by atoms with Crippen LogP contribution < -0.4 is 10.6 Å². The average Bonchev–Trinajstić information content (AvgIpc) is 3.69. The summed E-state index contributed by atoms with van der Waals surface area (Å²) < 4.78 is 68.7. The molecule has 1 aliphatic rings. The molecule has 1 atom stereocenters. The number of carbonyl (C=O) groups excluding carboxylic acids is 3. The summed E-state index contributed by atoms with van der Waals surface area (Å²) in [4.78, 5) is 43.7. The molecule has 0 saturated heterocycles. The minimum absolute atomic E-state index is 0.0322. The maximum atomic E-state index is 14.6. The summed E-state index contributed by atoms with van der Waals surface area (Å²) in [5.74, 6) is -3.79. The highest BCUT2D eigenvalue weighted by atomic mass is 19.4. The van der Waals surface area contributed by atoms with Crippen molar-refractivity contribution in [2.75, 3.05) is 0 Å². The van der Waals surface area contributed by atoms with Crippen molar-refractivity contribution in [2.24, 2.45) is 0 Å². The van der Waals surface area contributed by atoms with Gasteiger partial charge in [-0.25, -0.2) is 18.3 Å². The number of alkyl halides is 3. The van der Waals surface area contributed by atoms with E-state index < -0.39 is 53.4 Å². The lowest BCUT2D eigenvalue weighted by Gasteiger charge is -2.17. The van der Waals surface area contributed by atoms with Crippen LogP contribution in [0.4, 0.5) is 22.0 Å². The van der Waals surface area contributed by atoms with Gasteiger partial charge in [0.2, 0.25) is 0 Å². The number of ketones is 1. The summed E-state index contributed by atoms with van der Waals surface area (Å²) in [5, 5.41) is 9.23. The number of nitrogens with one attached hydrogen (secondary N) is 2. The monoisotopic (exact) mass is 711 g/mol. The van der Waals surface area contributed by atoms with Gasteiger partial charge in [-0.1, -0.05) is 76.5 Å². The molecule has 2 N–H and O–H groups in total. The number of Topliss-reactive ketones (excluding diaryl/α,β-unsaturated/α-hetero) is 1. The van der Waals surface area contributed by atoms with Gasteiger partial charge in [-0.05, 0) is 60.6 Å². The number of hydrogen-bond acceptors (Lipinski definition) is 5. The van der Waals surface area contributed by atoms with Crippen molar-refractivity contribution >= 4 is 23.2 Å². The molecule has 1 aliphatic carbocycles. The number of aromatic nitrogens is 3. The summed E-state index contributed by atoms with van der Waals surface area (Å²) in [5.41, 5.74) is 0.987. The molecular weight excluding hydrogens is 669 g/mol. The second kappa shape index (κ2) is 16.6. The van der Waals surface area contributed by atoms with Gasteiger partial charge in [-0.3, -0.25) is 14.4 Å². The normalized spacial score (nSPS) is 14.1. The number of amides is 2. The Labute approximate surface area is 293 Å². The van der Waals surface area contributed by atoms with E-state index in [0.29, 0.717) is 37.0 Å². The molecule has 2 amide bonds. The predicted octanol–water partition coefficient (Wildman–Crippen LogP) is 8.79. The van der Waals surface area contributed by atoms with Crippen molar-refractivity contribution in [2.45, 2.75) is 110 Å². The Hall–Kier alpha value is -4.68. The van der Waals surface area contributed by atoms with Crippen LogP contribution in [0, 0.1) is 18.6 Å². The maximum absolute atomic E-state index is 14.6. The first-order valence-corrected chi connectivity index (χ1v) is 17.5. The molecule has 8 nitrogen and oxygen atoms in total. The van der Waals surface area contributed by atoms with Crippen molar-refractivity contribution in [3.8, 4) is 0 Å². The highest BCUT2D eigenvalue weighted by Gasteiger charge is 2.34. The second-order valence-electron chi connectivity index (χ2n) is 13.1. The van der Waals surface area contributed by atoms with Gasteiger partial charge in [0.1, 0.15) is 17.2 Å². The van der Waals surface area contributed by atoms with E-state index >= 15 is 0 Å². The SMILES string of the molecule is CCCCCCCCCCCC(=O)c1ccc2c(c1C)CC[C@@H]2NC(=O)c1cc(C(=O)NCc2ccc(F)c(C(F)(F)F)c2)nc2c(F)cnn12. The first-order valence-electron chi connectivity index (χ1n) is 17.5. The first-order chi connectivity index (χ1) is 24.4. The fraction of sp³-hybridized carbons (Fsp3) is 0.447. The number of carbonyl (C=O) groups is 3. The van der Waals surface area contributed by atoms with Crippen LogP contribution in [-0.4, -0.2) is 32.2 Å². The van der Waals surface area contributed by atoms with E-state index in [-0.39, 0.29) is 22.7 Å². The molecule has 272 valence electrons. The quantitative estimate of drug-likeness (QED) is 0.0687. The predicted molar refractivity (Wildman–Crippen MR) is 181 cm³/mol. The molecule has 0 bridgehead atoms. The van der Waals surface area contributed by atoms with E-state index in [1.54, 1.807) is 0 Å². The number of benzene rings is 2. The molecule has 0 unspecified atom stereocenters. The zero-order valence-corrected chi connectivity index (χ0v) is 28.8. The summed E-state index contributed by atoms with van der Waals surface area (Å²) in [7, 11) is 0. The van der Waals surface area contributed by atoms with Gasteiger partial charge < -0.3 is 10.6 Å². The third-order valence-electron chi connectivity index (χ3n) is 9.49. The summed E-state index contributed by atoms with van der Waals surface area (Å²) in [6.07, 6.45) is 8.14. The van der Waals surface area contributed by atoms with E-state index in [1.165, 1.54) is 38.5 Å². The summed E-state index contributed by atoms with van der Waals surface area (Å²) >= 11 is 0. The minimum atomic E-state index is -4.93. The molecule has 2 aromatic heterocycles. The van der Waals surface area contributed by atoms with Crippen LogP contribution in [0.15, 0.2) is 42.6 Å². The van der Waals surface area contributed by atoms with Crippen molar-refractivity contribution in [3.63, 3.8) is 0 Å². The standard InChI is InChI=1S/C38H42F5N5O3/c1-3-4-5-6-7-8-9-10-11-12-34(49)26-14-15-27-25(23(26)2)16-18-31(27)47-37(51)33-20-32(46-35-30(40)22-45-48(33)35)36(50)44-21-24-13-17-29(39)28(19-24)38(41,42)43/h13-15,17,19-20,22,31H,3-12,16,18,21H2,1-2H3,(H,44,50)(H,47,51)/t31-/m0/s1. The van der Waals surface area contributed by atoms with Crippen LogP contribution in [0.1, 0.15) is 143 Å². The van der Waals surface area contributed by atoms with Crippen molar-refractivity contribution in [1.82, 2.24) is 25.2 Å². The summed E-state index contributed by atoms with van der Waals surface area (Å²) in [6, 6.07) is 6.69. The molecule has 51 heavy (non-hydrogen) atoms. The number of rotatable bonds is 16. The lowest BCUT2D eigenvalue weighted by molar-refractivity contribution is -0.140. The second-order valence-corrected chi connectivity index (χ2v) is 13.1. The highest BCUT2D eigenvalue weighted by Crippen LogP contribution is 2.36. The van der Waals surface area contributed by atoms with Crippen LogP contribution in [-0.2, 0) is 19.1 Å². The van der Waals surface area contributed by atoms with Crippen LogP contribution >= 0.6 is 0 Å². The van der Waals surface area contributed by atoms with Gasteiger partial charge in [-0.15, -0.1) is 0 Å². The Balaban J connectivity index is 1.23. The fourth-order valence-corrected chi connectivity index (χ4v) is 6.68. The molecule has 0 spiro atoms. The van der Waals surface area contributed by atoms with Crippen LogP contribution in [0.2, 0.25) is 0 Å². The highest BCUT2D eigenvalue weighted by molar-refractivity contribution is 5.99. The molecule has 2 heterocycles. The molecule has 5 rings (SSSR count). The van der Waals surface area contributed by atoms with E-state index in [1.807, 2.05) is 19.1 Å². The molecule has 0 fully saturated rings. The average molecular weight is 712 g/mol. The Morgan fingerprint density at radius 2 is 1.61 bits per heavy atom. The molecule has 0 aliphatic heterocycles. The Morgan fingerprint density at radius 1 is 0.902 bits per heavy atom. The topological polar surface area (TPSA) is 105 Å². The van der Waals surface area contributed by atoms with Gasteiger partial charge in [0.25, 0.3) is 11.8 Å². The Morgan fingerprint density at radius 3 is 2.31 bits per heavy atom. The zero-order valence-electron chi connectivity index (χ0n) is 28.8. The molecule has 0 radical (unpaired) electrons. The van der Waals surface area contributed by atoms with Crippen LogP contribution in [0.25, 0.3) is 5.65 Å². The molecule has 0 saturated carbocycles. The van der Waals surface area contributed by atoms with Gasteiger partial charge in [0.05, 0.1) is 17.8 Å². The third kappa shape index (κ3) is 8.98. The van der Waals surface area contributed by atoms with Crippen molar-refractivity contribution in [3.05, 3.63) is 99.0 Å². The smallest absolute Gasteiger partial charge is 0.347 e. The summed E-state index contributed by atoms with van der Waals surface area (Å²) in [6.45, 7) is 3.71. The number of hydrogen-bond donors (Lipinski definition) is 2. The number of unbranched alkanes of at least 4 members (excludes halogenated alkanes) is 8. The van der Waals surface area contributed by atoms with Crippen molar-refractivity contribution < 1.29 is 36.3 Å². The fourth-order valence-electron chi connectivity index (χ4n) is 6.68. The van der Waals surface area contributed by atoms with E-state index in [0.717, 1.165) is 58.8 Å². The lowest BCUT2D eigenvalue weighted by Crippen LogP contribution is -2.30. The van der Waals surface area contributed by atoms with Crippen LogP contribution in [0.3, 0.4) is 0 Å². The number of nitrogens with zero attached hydrogens (tertiary/aromatic N) is 3. The largest absolute Gasteiger partial charge is 0.419 e. The first kappa shape index (κ1) is 37.6. The number of halogens is 5. The van der Waals surface area contributed by atoms with Crippen molar-refractivity contribution in [1.29, 1.82) is 0 Å². The third-order valence-corrected chi connectivity index (χ3v) is 9.49. The zero-order chi connectivity index (χ0) is 36.7. The lowest BCUT2D eigenvalue weighted by atomic mass is 9.93. The molecular formula is C38H42F5N5O3. The van der Waals surface area contributed by atoms with Gasteiger partial charge in [0.15, 0.2) is 17.2 Å². The molecule has 4 aromatic rings. The van der Waals surface area contributed by atoms with Gasteiger partial charge in [0, 0.05) is 24.6 Å².